The zero-order chi connectivity index (χ0) is 19.9. The summed E-state index contributed by atoms with van der Waals surface area (Å²) in [5.74, 6) is 3.93. The minimum Gasteiger partial charge on any atom is -0.203 e. The summed E-state index contributed by atoms with van der Waals surface area (Å²) >= 11 is 0. The summed E-state index contributed by atoms with van der Waals surface area (Å²) in [5.41, 5.74) is 4.23. The molecule has 2 heteroatoms. The van der Waals surface area contributed by atoms with Crippen molar-refractivity contribution in [2.24, 2.45) is 0 Å². The maximum absolute atomic E-state index is 14.6. The second-order valence-electron chi connectivity index (χ2n) is 6.93. The van der Waals surface area contributed by atoms with Gasteiger partial charge in [0.05, 0.1) is 5.56 Å². The summed E-state index contributed by atoms with van der Waals surface area (Å²) in [6.07, 6.45) is 4.14. The van der Waals surface area contributed by atoms with Crippen molar-refractivity contribution in [2.75, 3.05) is 0 Å². The van der Waals surface area contributed by atoms with Gasteiger partial charge in [-0.3, -0.25) is 0 Å². The van der Waals surface area contributed by atoms with E-state index in [4.69, 9.17) is 0 Å². The Balaban J connectivity index is 1.84. The molecular formula is C26H24F2. The van der Waals surface area contributed by atoms with E-state index in [2.05, 4.69) is 25.7 Å². The molecule has 0 aromatic heterocycles. The zero-order valence-corrected chi connectivity index (χ0v) is 16.4. The van der Waals surface area contributed by atoms with Gasteiger partial charge in [-0.05, 0) is 53.8 Å². The van der Waals surface area contributed by atoms with Gasteiger partial charge in [0.2, 0.25) is 0 Å². The van der Waals surface area contributed by atoms with E-state index >= 15 is 0 Å². The maximum Gasteiger partial charge on any atom is 0.175 e. The summed E-state index contributed by atoms with van der Waals surface area (Å²) in [6.45, 7) is 4.25. The van der Waals surface area contributed by atoms with Crippen molar-refractivity contribution >= 4 is 0 Å². The first-order valence-corrected chi connectivity index (χ1v) is 9.80. The fraction of sp³-hybridized carbons (Fsp3) is 0.231. The van der Waals surface area contributed by atoms with E-state index in [9.17, 15) is 8.78 Å². The average Bonchev–Trinajstić information content (AvgIpc) is 2.71. The lowest BCUT2D eigenvalue weighted by molar-refractivity contribution is 0.509. The molecule has 0 saturated heterocycles. The monoisotopic (exact) mass is 374 g/mol. The Labute approximate surface area is 166 Å². The van der Waals surface area contributed by atoms with Crippen LogP contribution in [0.5, 0.6) is 0 Å². The summed E-state index contributed by atoms with van der Waals surface area (Å²) in [7, 11) is 0. The Bertz CT molecular complexity index is 988. The van der Waals surface area contributed by atoms with Gasteiger partial charge < -0.3 is 0 Å². The second-order valence-corrected chi connectivity index (χ2v) is 6.93. The van der Waals surface area contributed by atoms with E-state index in [1.54, 1.807) is 12.1 Å². The Morgan fingerprint density at radius 3 is 1.79 bits per heavy atom. The van der Waals surface area contributed by atoms with Crippen molar-refractivity contribution in [3.05, 3.63) is 94.6 Å². The highest BCUT2D eigenvalue weighted by atomic mass is 19.2. The normalized spacial score (nSPS) is 10.4. The minimum absolute atomic E-state index is 0.0708. The molecule has 3 aromatic rings. The Morgan fingerprint density at radius 1 is 0.643 bits per heavy atom. The molecule has 0 N–H and O–H groups in total. The van der Waals surface area contributed by atoms with Crippen molar-refractivity contribution in [1.82, 2.24) is 0 Å². The first-order chi connectivity index (χ1) is 13.6. The molecule has 0 fully saturated rings. The van der Waals surface area contributed by atoms with Crippen molar-refractivity contribution < 1.29 is 8.78 Å². The van der Waals surface area contributed by atoms with Crippen molar-refractivity contribution in [3.63, 3.8) is 0 Å². The lowest BCUT2D eigenvalue weighted by Gasteiger charge is -2.07. The van der Waals surface area contributed by atoms with Crippen LogP contribution in [0.3, 0.4) is 0 Å². The average molecular weight is 374 g/mol. The first-order valence-electron chi connectivity index (χ1n) is 9.80. The van der Waals surface area contributed by atoms with Crippen molar-refractivity contribution in [2.45, 2.75) is 39.5 Å². The standard InChI is InChI=1S/C26H24F2/c1-3-5-19-7-9-21(10-8-19)13-16-23-17-18-24(26(28)25(23)27)22-14-11-20(6-4-2)12-15-22/h7-12,14-15,17-18H,3-6H2,1-2H3. The molecule has 0 aliphatic rings. The number of aryl methyl sites for hydroxylation is 2. The molecule has 0 amide bonds. The topological polar surface area (TPSA) is 0 Å². The van der Waals surface area contributed by atoms with E-state index in [1.165, 1.54) is 11.1 Å². The summed E-state index contributed by atoms with van der Waals surface area (Å²) in [4.78, 5) is 0. The smallest absolute Gasteiger partial charge is 0.175 e. The first kappa shape index (κ1) is 19.8. The predicted molar refractivity (Wildman–Crippen MR) is 112 cm³/mol. The molecule has 0 heterocycles. The van der Waals surface area contributed by atoms with Gasteiger partial charge in [0, 0.05) is 11.1 Å². The third kappa shape index (κ3) is 4.67. The van der Waals surface area contributed by atoms with Crippen LogP contribution in [-0.4, -0.2) is 0 Å². The van der Waals surface area contributed by atoms with Gasteiger partial charge in [0.15, 0.2) is 11.6 Å². The second kappa shape index (κ2) is 9.33. The molecule has 0 bridgehead atoms. The number of benzene rings is 3. The summed E-state index contributed by atoms with van der Waals surface area (Å²) in [6, 6.07) is 18.6. The number of halogens is 2. The van der Waals surface area contributed by atoms with Crippen LogP contribution in [0.25, 0.3) is 11.1 Å². The van der Waals surface area contributed by atoms with Crippen LogP contribution >= 0.6 is 0 Å². The van der Waals surface area contributed by atoms with Gasteiger partial charge in [0.1, 0.15) is 0 Å². The van der Waals surface area contributed by atoms with Crippen LogP contribution in [0.1, 0.15) is 48.9 Å². The van der Waals surface area contributed by atoms with Gasteiger partial charge in [-0.1, -0.05) is 74.9 Å². The molecule has 142 valence electrons. The molecule has 3 aromatic carbocycles. The SMILES string of the molecule is CCCc1ccc(C#Cc2ccc(-c3ccc(CCC)cc3)c(F)c2F)cc1. The molecular weight excluding hydrogens is 350 g/mol. The Hall–Kier alpha value is -2.92. The molecule has 0 saturated carbocycles. The largest absolute Gasteiger partial charge is 0.203 e. The van der Waals surface area contributed by atoms with E-state index in [0.717, 1.165) is 31.2 Å². The van der Waals surface area contributed by atoms with Gasteiger partial charge in [-0.25, -0.2) is 8.78 Å². The van der Waals surface area contributed by atoms with E-state index in [1.807, 2.05) is 48.5 Å². The van der Waals surface area contributed by atoms with Gasteiger partial charge in [-0.15, -0.1) is 0 Å². The third-order valence-corrected chi connectivity index (χ3v) is 4.72. The summed E-state index contributed by atoms with van der Waals surface area (Å²) < 4.78 is 29.2. The van der Waals surface area contributed by atoms with Gasteiger partial charge in [0.25, 0.3) is 0 Å². The lowest BCUT2D eigenvalue weighted by Crippen LogP contribution is -1.94. The highest BCUT2D eigenvalue weighted by Gasteiger charge is 2.13. The van der Waals surface area contributed by atoms with E-state index in [-0.39, 0.29) is 11.1 Å². The molecule has 0 atom stereocenters. The summed E-state index contributed by atoms with van der Waals surface area (Å²) in [5, 5.41) is 0. The zero-order valence-electron chi connectivity index (χ0n) is 16.4. The van der Waals surface area contributed by atoms with Crippen LogP contribution in [-0.2, 0) is 12.8 Å². The molecule has 0 aliphatic carbocycles. The number of hydrogen-bond acceptors (Lipinski definition) is 0. The fourth-order valence-corrected chi connectivity index (χ4v) is 3.19. The molecule has 0 aliphatic heterocycles. The van der Waals surface area contributed by atoms with Crippen molar-refractivity contribution in [3.8, 4) is 23.0 Å². The van der Waals surface area contributed by atoms with E-state index < -0.39 is 11.6 Å². The molecule has 0 radical (unpaired) electrons. The molecule has 3 rings (SSSR count). The Morgan fingerprint density at radius 2 is 1.21 bits per heavy atom. The number of hydrogen-bond donors (Lipinski definition) is 0. The maximum atomic E-state index is 14.6. The third-order valence-electron chi connectivity index (χ3n) is 4.72. The molecule has 0 spiro atoms. The lowest BCUT2D eigenvalue weighted by atomic mass is 10.00. The van der Waals surface area contributed by atoms with E-state index in [0.29, 0.717) is 5.56 Å². The highest BCUT2D eigenvalue weighted by Crippen LogP contribution is 2.26. The fourth-order valence-electron chi connectivity index (χ4n) is 3.19. The van der Waals surface area contributed by atoms with Crippen molar-refractivity contribution in [1.29, 1.82) is 0 Å². The minimum atomic E-state index is -0.898. The molecule has 0 nitrogen and oxygen atoms in total. The van der Waals surface area contributed by atoms with Crippen LogP contribution < -0.4 is 0 Å². The van der Waals surface area contributed by atoms with Gasteiger partial charge in [-0.2, -0.15) is 0 Å². The van der Waals surface area contributed by atoms with Crippen LogP contribution in [0.4, 0.5) is 8.78 Å². The van der Waals surface area contributed by atoms with Crippen LogP contribution in [0.2, 0.25) is 0 Å². The highest BCUT2D eigenvalue weighted by molar-refractivity contribution is 5.66. The Kier molecular flexibility index (Phi) is 6.61. The molecule has 0 unspecified atom stereocenters. The molecule has 28 heavy (non-hydrogen) atoms. The van der Waals surface area contributed by atoms with Gasteiger partial charge >= 0.3 is 0 Å². The quantitative estimate of drug-likeness (QED) is 0.425. The van der Waals surface area contributed by atoms with Crippen LogP contribution in [0.15, 0.2) is 60.7 Å². The van der Waals surface area contributed by atoms with Crippen LogP contribution in [0, 0.1) is 23.5 Å². The number of rotatable bonds is 5. The predicted octanol–water partition coefficient (Wildman–Crippen LogP) is 6.94.